The van der Waals surface area contributed by atoms with Gasteiger partial charge < -0.3 is 4.98 Å². The molecule has 11 heteroatoms. The number of aryl methyl sites for hydroxylation is 2. The predicted octanol–water partition coefficient (Wildman–Crippen LogP) is 3.45. The Labute approximate surface area is 202 Å². The van der Waals surface area contributed by atoms with E-state index in [9.17, 15) is 18.0 Å². The molecule has 180 valence electrons. The number of sulfonamides is 1. The lowest BCUT2D eigenvalue weighted by molar-refractivity contribution is -0.123. The van der Waals surface area contributed by atoms with Gasteiger partial charge in [0.15, 0.2) is 11.8 Å². The molecule has 0 saturated carbocycles. The van der Waals surface area contributed by atoms with Crippen molar-refractivity contribution in [1.29, 1.82) is 0 Å². The molecule has 0 aliphatic carbocycles. The Kier molecular flexibility index (Phi) is 6.35. The van der Waals surface area contributed by atoms with Gasteiger partial charge in [0.2, 0.25) is 11.9 Å². The molecule has 2 heterocycles. The minimum absolute atomic E-state index is 0.0292. The summed E-state index contributed by atoms with van der Waals surface area (Å²) in [5.74, 6) is -0.412. The second kappa shape index (κ2) is 9.26. The van der Waals surface area contributed by atoms with Crippen molar-refractivity contribution in [3.63, 3.8) is 0 Å². The zero-order valence-corrected chi connectivity index (χ0v) is 20.4. The van der Waals surface area contributed by atoms with Crippen molar-refractivity contribution in [1.82, 2.24) is 19.9 Å². The van der Waals surface area contributed by atoms with Crippen LogP contribution in [0.3, 0.4) is 0 Å². The van der Waals surface area contributed by atoms with E-state index in [4.69, 9.17) is 0 Å². The maximum absolute atomic E-state index is 12.9. The van der Waals surface area contributed by atoms with E-state index >= 15 is 0 Å². The first-order valence-corrected chi connectivity index (χ1v) is 12.2. The van der Waals surface area contributed by atoms with E-state index < -0.39 is 22.0 Å². The summed E-state index contributed by atoms with van der Waals surface area (Å²) in [4.78, 5) is 42.4. The fourth-order valence-corrected chi connectivity index (χ4v) is 4.79. The lowest BCUT2D eigenvalue weighted by atomic mass is 10.1. The van der Waals surface area contributed by atoms with Crippen LogP contribution in [0.25, 0.3) is 11.0 Å². The highest BCUT2D eigenvalue weighted by Gasteiger charge is 2.31. The number of rotatable bonds is 7. The molecule has 4 rings (SSSR count). The SMILES string of the molecule is CC(=O)C(c1nc2ccccc2[nH]1)N(C(C)=O)c1ccc(S(=O)(=O)Nc2nc(C)cc(C)n2)cc1. The van der Waals surface area contributed by atoms with Gasteiger partial charge in [-0.15, -0.1) is 0 Å². The van der Waals surface area contributed by atoms with Crippen LogP contribution in [-0.4, -0.2) is 40.0 Å². The highest BCUT2D eigenvalue weighted by atomic mass is 32.2. The molecule has 1 atom stereocenters. The van der Waals surface area contributed by atoms with Gasteiger partial charge >= 0.3 is 0 Å². The van der Waals surface area contributed by atoms with E-state index in [1.165, 1.54) is 43.0 Å². The Bertz CT molecular complexity index is 1480. The van der Waals surface area contributed by atoms with Gasteiger partial charge in [-0.2, -0.15) is 0 Å². The lowest BCUT2D eigenvalue weighted by Gasteiger charge is -2.28. The first-order valence-electron chi connectivity index (χ1n) is 10.8. The highest BCUT2D eigenvalue weighted by Crippen LogP contribution is 2.29. The number of carbonyl (C=O) groups is 2. The molecule has 0 fully saturated rings. The second-order valence-corrected chi connectivity index (χ2v) is 9.80. The maximum atomic E-state index is 12.9. The number of anilines is 2. The normalized spacial score (nSPS) is 12.3. The third-order valence-corrected chi connectivity index (χ3v) is 6.63. The van der Waals surface area contributed by atoms with E-state index in [0.29, 0.717) is 28.4 Å². The summed E-state index contributed by atoms with van der Waals surface area (Å²) in [5.41, 5.74) is 3.00. The number of ketones is 1. The third kappa shape index (κ3) is 5.04. The molecule has 0 saturated heterocycles. The Hall–Kier alpha value is -4.12. The summed E-state index contributed by atoms with van der Waals surface area (Å²) in [7, 11) is -3.98. The number of nitrogens with one attached hydrogen (secondary N) is 2. The van der Waals surface area contributed by atoms with Gasteiger partial charge in [0.05, 0.1) is 15.9 Å². The van der Waals surface area contributed by atoms with Crippen LogP contribution in [0.5, 0.6) is 0 Å². The van der Waals surface area contributed by atoms with Crippen molar-refractivity contribution in [3.05, 3.63) is 71.8 Å². The van der Waals surface area contributed by atoms with Gasteiger partial charge in [-0.25, -0.2) is 28.1 Å². The Morgan fingerprint density at radius 2 is 1.57 bits per heavy atom. The van der Waals surface area contributed by atoms with E-state index in [2.05, 4.69) is 24.7 Å². The molecular weight excluding hydrogens is 468 g/mol. The summed E-state index contributed by atoms with van der Waals surface area (Å²) < 4.78 is 28.1. The molecule has 1 unspecified atom stereocenters. The number of benzene rings is 2. The number of aromatic amines is 1. The number of nitrogens with zero attached hydrogens (tertiary/aromatic N) is 4. The summed E-state index contributed by atoms with van der Waals surface area (Å²) in [6, 6.07) is 13.7. The molecule has 1 amide bonds. The first kappa shape index (κ1) is 24.0. The lowest BCUT2D eigenvalue weighted by Crippen LogP contribution is -2.37. The number of hydrogen-bond donors (Lipinski definition) is 2. The number of fused-ring (bicyclic) bond motifs is 1. The van der Waals surface area contributed by atoms with E-state index in [1.807, 2.05) is 18.2 Å². The van der Waals surface area contributed by atoms with E-state index in [0.717, 1.165) is 5.52 Å². The number of para-hydroxylation sites is 2. The number of hydrogen-bond acceptors (Lipinski definition) is 7. The molecule has 0 bridgehead atoms. The van der Waals surface area contributed by atoms with Crippen LogP contribution in [0.2, 0.25) is 0 Å². The van der Waals surface area contributed by atoms with Crippen LogP contribution in [0, 0.1) is 13.8 Å². The van der Waals surface area contributed by atoms with E-state index in [-0.39, 0.29) is 16.6 Å². The van der Waals surface area contributed by atoms with Gasteiger partial charge in [-0.05, 0) is 63.2 Å². The van der Waals surface area contributed by atoms with Crippen LogP contribution in [0.4, 0.5) is 11.6 Å². The minimum Gasteiger partial charge on any atom is -0.340 e. The summed E-state index contributed by atoms with van der Waals surface area (Å²) in [6.07, 6.45) is 0. The Morgan fingerprint density at radius 3 is 2.14 bits per heavy atom. The van der Waals surface area contributed by atoms with Crippen molar-refractivity contribution in [3.8, 4) is 0 Å². The average Bonchev–Trinajstić information content (AvgIpc) is 3.19. The summed E-state index contributed by atoms with van der Waals surface area (Å²) in [6.45, 7) is 6.19. The van der Waals surface area contributed by atoms with Crippen LogP contribution in [0.1, 0.15) is 37.1 Å². The second-order valence-electron chi connectivity index (χ2n) is 8.12. The van der Waals surface area contributed by atoms with Crippen molar-refractivity contribution in [2.45, 2.75) is 38.6 Å². The van der Waals surface area contributed by atoms with E-state index in [1.54, 1.807) is 26.0 Å². The molecule has 0 radical (unpaired) electrons. The molecule has 2 aromatic carbocycles. The number of carbonyl (C=O) groups excluding carboxylic acids is 2. The molecule has 35 heavy (non-hydrogen) atoms. The molecular formula is C24H24N6O4S. The van der Waals surface area contributed by atoms with Crippen molar-refractivity contribution in [2.75, 3.05) is 9.62 Å². The highest BCUT2D eigenvalue weighted by molar-refractivity contribution is 7.92. The Balaban J connectivity index is 1.67. The van der Waals surface area contributed by atoms with Crippen LogP contribution in [-0.2, 0) is 19.6 Å². The fourth-order valence-electron chi connectivity index (χ4n) is 3.85. The zero-order valence-electron chi connectivity index (χ0n) is 19.6. The number of H-pyrrole nitrogens is 1. The number of amides is 1. The predicted molar refractivity (Wildman–Crippen MR) is 131 cm³/mol. The van der Waals surface area contributed by atoms with Crippen molar-refractivity contribution >= 4 is 44.4 Å². The zero-order chi connectivity index (χ0) is 25.3. The van der Waals surface area contributed by atoms with Crippen molar-refractivity contribution in [2.24, 2.45) is 0 Å². The summed E-state index contributed by atoms with van der Waals surface area (Å²) >= 11 is 0. The fraction of sp³-hybridized carbons (Fsp3) is 0.208. The third-order valence-electron chi connectivity index (χ3n) is 5.28. The van der Waals surface area contributed by atoms with Crippen LogP contribution >= 0.6 is 0 Å². The number of imidazole rings is 1. The minimum atomic E-state index is -3.98. The van der Waals surface area contributed by atoms with Gasteiger partial charge in [0.1, 0.15) is 5.82 Å². The molecule has 0 aliphatic rings. The standard InChI is InChI=1S/C24H24N6O4S/c1-14-13-15(2)26-24(25-14)29-35(33,34)19-11-9-18(10-12-19)30(17(4)32)22(16(3)31)23-27-20-7-5-6-8-21(20)28-23/h5-13,22H,1-4H3,(H,27,28)(H,25,26,29). The van der Waals surface area contributed by atoms with Crippen LogP contribution in [0.15, 0.2) is 59.5 Å². The largest absolute Gasteiger partial charge is 0.340 e. The topological polar surface area (TPSA) is 138 Å². The van der Waals surface area contributed by atoms with Gasteiger partial charge in [0, 0.05) is 24.0 Å². The van der Waals surface area contributed by atoms with Gasteiger partial charge in [0.25, 0.3) is 10.0 Å². The molecule has 4 aromatic rings. The van der Waals surface area contributed by atoms with Gasteiger partial charge in [-0.3, -0.25) is 14.5 Å². The Morgan fingerprint density at radius 1 is 0.943 bits per heavy atom. The van der Waals surface area contributed by atoms with Crippen molar-refractivity contribution < 1.29 is 18.0 Å². The quantitative estimate of drug-likeness (QED) is 0.403. The molecule has 10 nitrogen and oxygen atoms in total. The molecule has 0 aliphatic heterocycles. The van der Waals surface area contributed by atoms with Gasteiger partial charge in [-0.1, -0.05) is 12.1 Å². The average molecular weight is 493 g/mol. The number of aromatic nitrogens is 4. The molecule has 2 aromatic heterocycles. The molecule has 2 N–H and O–H groups in total. The molecule has 0 spiro atoms. The summed E-state index contributed by atoms with van der Waals surface area (Å²) in [5, 5.41) is 0. The van der Waals surface area contributed by atoms with Crippen LogP contribution < -0.4 is 9.62 Å². The first-order chi connectivity index (χ1) is 16.5. The maximum Gasteiger partial charge on any atom is 0.264 e. The number of Topliss-reactive ketones (excluding diaryl/α,β-unsaturated/α-hetero) is 1. The monoisotopic (exact) mass is 492 g/mol. The smallest absolute Gasteiger partial charge is 0.264 e.